The van der Waals surface area contributed by atoms with Gasteiger partial charge in [-0.2, -0.15) is 0 Å². The van der Waals surface area contributed by atoms with Crippen LogP contribution >= 0.6 is 0 Å². The highest BCUT2D eigenvalue weighted by molar-refractivity contribution is 5.95. The van der Waals surface area contributed by atoms with E-state index in [0.717, 1.165) is 29.5 Å². The van der Waals surface area contributed by atoms with Crippen molar-refractivity contribution in [1.82, 2.24) is 0 Å². The van der Waals surface area contributed by atoms with Crippen molar-refractivity contribution in [3.63, 3.8) is 0 Å². The number of benzene rings is 2. The molecule has 0 unspecified atom stereocenters. The molecule has 22 heavy (non-hydrogen) atoms. The quantitative estimate of drug-likeness (QED) is 0.782. The van der Waals surface area contributed by atoms with Crippen molar-refractivity contribution in [2.24, 2.45) is 0 Å². The summed E-state index contributed by atoms with van der Waals surface area (Å²) >= 11 is 0. The normalized spacial score (nSPS) is 11.5. The maximum Gasteiger partial charge on any atom is 0.336 e. The number of carbonyl (C=O) groups is 1. The van der Waals surface area contributed by atoms with Crippen molar-refractivity contribution >= 4 is 17.6 Å². The number of hydrogen-bond donors (Lipinski definition) is 1. The van der Waals surface area contributed by atoms with Crippen molar-refractivity contribution < 1.29 is 9.90 Å². The molecule has 0 radical (unpaired) electrons. The average Bonchev–Trinajstić information content (AvgIpc) is 2.54. The molecule has 2 heteroatoms. The number of allylic oxidation sites excluding steroid dienone is 1. The first-order chi connectivity index (χ1) is 10.6. The zero-order valence-electron chi connectivity index (χ0n) is 13.4. The second-order valence-corrected chi connectivity index (χ2v) is 5.41. The Bertz CT molecular complexity index is 711. The summed E-state index contributed by atoms with van der Waals surface area (Å²) in [6, 6.07) is 13.6. The Balaban J connectivity index is 2.44. The highest BCUT2D eigenvalue weighted by atomic mass is 16.4. The zero-order valence-corrected chi connectivity index (χ0v) is 13.4. The number of hydrogen-bond acceptors (Lipinski definition) is 1. The first-order valence-electron chi connectivity index (χ1n) is 7.69. The Labute approximate surface area is 132 Å². The fourth-order valence-electron chi connectivity index (χ4n) is 2.68. The van der Waals surface area contributed by atoms with E-state index < -0.39 is 5.97 Å². The lowest BCUT2D eigenvalue weighted by molar-refractivity contribution is 0.0696. The van der Waals surface area contributed by atoms with Gasteiger partial charge in [0.2, 0.25) is 0 Å². The van der Waals surface area contributed by atoms with E-state index in [1.165, 1.54) is 11.1 Å². The van der Waals surface area contributed by atoms with Gasteiger partial charge in [0.1, 0.15) is 0 Å². The van der Waals surface area contributed by atoms with E-state index in [1.54, 1.807) is 12.1 Å². The molecular formula is C20H22O2. The van der Waals surface area contributed by atoms with Crippen LogP contribution in [0.5, 0.6) is 0 Å². The van der Waals surface area contributed by atoms with E-state index in [1.807, 2.05) is 25.1 Å². The fourth-order valence-corrected chi connectivity index (χ4v) is 2.68. The van der Waals surface area contributed by atoms with Gasteiger partial charge in [-0.1, -0.05) is 56.3 Å². The minimum Gasteiger partial charge on any atom is -0.478 e. The van der Waals surface area contributed by atoms with Gasteiger partial charge in [-0.05, 0) is 53.7 Å². The molecule has 0 amide bonds. The Morgan fingerprint density at radius 1 is 1.05 bits per heavy atom. The van der Waals surface area contributed by atoms with Crippen LogP contribution in [0.25, 0.3) is 11.6 Å². The van der Waals surface area contributed by atoms with Gasteiger partial charge in [-0.15, -0.1) is 0 Å². The molecule has 0 heterocycles. The predicted octanol–water partition coefficient (Wildman–Crippen LogP) is 5.07. The first-order valence-corrected chi connectivity index (χ1v) is 7.69. The molecule has 0 aliphatic carbocycles. The molecule has 0 aliphatic rings. The molecule has 0 bridgehead atoms. The summed E-state index contributed by atoms with van der Waals surface area (Å²) in [6.45, 7) is 6.36. The molecule has 2 nitrogen and oxygen atoms in total. The maximum absolute atomic E-state index is 11.3. The Morgan fingerprint density at radius 3 is 2.36 bits per heavy atom. The van der Waals surface area contributed by atoms with E-state index in [2.05, 4.69) is 32.0 Å². The van der Waals surface area contributed by atoms with Gasteiger partial charge >= 0.3 is 5.97 Å². The van der Waals surface area contributed by atoms with E-state index in [9.17, 15) is 9.90 Å². The van der Waals surface area contributed by atoms with Crippen LogP contribution in [0.3, 0.4) is 0 Å². The van der Waals surface area contributed by atoms with Gasteiger partial charge in [-0.3, -0.25) is 0 Å². The minimum atomic E-state index is -0.893. The molecule has 0 saturated carbocycles. The molecule has 0 fully saturated rings. The first kappa shape index (κ1) is 16.0. The van der Waals surface area contributed by atoms with Crippen LogP contribution in [-0.4, -0.2) is 11.1 Å². The van der Waals surface area contributed by atoms with Gasteiger partial charge < -0.3 is 5.11 Å². The maximum atomic E-state index is 11.3. The molecular weight excluding hydrogens is 272 g/mol. The highest BCUT2D eigenvalue weighted by Gasteiger charge is 2.08. The van der Waals surface area contributed by atoms with Crippen molar-refractivity contribution in [3.05, 3.63) is 70.3 Å². The molecule has 114 valence electrons. The summed E-state index contributed by atoms with van der Waals surface area (Å²) < 4.78 is 0. The fraction of sp³-hybridized carbons (Fsp3) is 0.250. The summed E-state index contributed by atoms with van der Waals surface area (Å²) in [5.74, 6) is -0.893. The molecule has 1 N–H and O–H groups in total. The second-order valence-electron chi connectivity index (χ2n) is 5.41. The molecule has 0 atom stereocenters. The minimum absolute atomic E-state index is 0.336. The monoisotopic (exact) mass is 294 g/mol. The largest absolute Gasteiger partial charge is 0.478 e. The van der Waals surface area contributed by atoms with E-state index >= 15 is 0 Å². The standard InChI is InChI=1S/C20H22O2/c1-4-15-10-11-17(13-16(15)5-2)14(3)12-18-8-6-7-9-19(18)20(21)22/h6-13H,4-5H2,1-3H3,(H,21,22)/b14-12+. The van der Waals surface area contributed by atoms with Crippen molar-refractivity contribution in [2.75, 3.05) is 0 Å². The van der Waals surface area contributed by atoms with Crippen LogP contribution in [0, 0.1) is 0 Å². The van der Waals surface area contributed by atoms with Crippen LogP contribution in [0.2, 0.25) is 0 Å². The number of aryl methyl sites for hydroxylation is 2. The Morgan fingerprint density at radius 2 is 1.73 bits per heavy atom. The third kappa shape index (κ3) is 3.45. The second kappa shape index (κ2) is 7.08. The van der Waals surface area contributed by atoms with Crippen LogP contribution in [0.15, 0.2) is 42.5 Å². The highest BCUT2D eigenvalue weighted by Crippen LogP contribution is 2.23. The summed E-state index contributed by atoms with van der Waals surface area (Å²) in [7, 11) is 0. The third-order valence-electron chi connectivity index (χ3n) is 3.99. The van der Waals surface area contributed by atoms with Crippen LogP contribution in [-0.2, 0) is 12.8 Å². The number of carboxylic acids is 1. The predicted molar refractivity (Wildman–Crippen MR) is 92.1 cm³/mol. The summed E-state index contributed by atoms with van der Waals surface area (Å²) in [6.07, 6.45) is 3.99. The van der Waals surface area contributed by atoms with E-state index in [0.29, 0.717) is 5.56 Å². The van der Waals surface area contributed by atoms with Gasteiger partial charge in [0, 0.05) is 0 Å². The Kier molecular flexibility index (Phi) is 5.16. The van der Waals surface area contributed by atoms with E-state index in [4.69, 9.17) is 0 Å². The van der Waals surface area contributed by atoms with Crippen molar-refractivity contribution in [1.29, 1.82) is 0 Å². The third-order valence-corrected chi connectivity index (χ3v) is 3.99. The lowest BCUT2D eigenvalue weighted by atomic mass is 9.95. The number of aromatic carboxylic acids is 1. The lowest BCUT2D eigenvalue weighted by Gasteiger charge is -2.10. The van der Waals surface area contributed by atoms with Crippen molar-refractivity contribution in [3.8, 4) is 0 Å². The Hall–Kier alpha value is -2.35. The molecule has 0 aromatic heterocycles. The van der Waals surface area contributed by atoms with Crippen LogP contribution in [0.4, 0.5) is 0 Å². The summed E-state index contributed by atoms with van der Waals surface area (Å²) in [5, 5.41) is 9.27. The average molecular weight is 294 g/mol. The molecule has 0 spiro atoms. The molecule has 2 aromatic carbocycles. The van der Waals surface area contributed by atoms with Gasteiger partial charge in [-0.25, -0.2) is 4.79 Å². The topological polar surface area (TPSA) is 37.3 Å². The number of rotatable bonds is 5. The summed E-state index contributed by atoms with van der Waals surface area (Å²) in [4.78, 5) is 11.3. The number of carboxylic acid groups (broad SMARTS) is 1. The van der Waals surface area contributed by atoms with Gasteiger partial charge in [0.05, 0.1) is 5.56 Å². The van der Waals surface area contributed by atoms with E-state index in [-0.39, 0.29) is 0 Å². The SMILES string of the molecule is CCc1ccc(/C(C)=C/c2ccccc2C(=O)O)cc1CC. The summed E-state index contributed by atoms with van der Waals surface area (Å²) in [5.41, 5.74) is 6.04. The molecule has 0 aliphatic heterocycles. The molecule has 0 saturated heterocycles. The van der Waals surface area contributed by atoms with Crippen LogP contribution in [0.1, 0.15) is 53.4 Å². The molecule has 2 aromatic rings. The molecule has 2 rings (SSSR count). The smallest absolute Gasteiger partial charge is 0.336 e. The van der Waals surface area contributed by atoms with Crippen LogP contribution < -0.4 is 0 Å². The van der Waals surface area contributed by atoms with Gasteiger partial charge in [0.25, 0.3) is 0 Å². The van der Waals surface area contributed by atoms with Crippen molar-refractivity contribution in [2.45, 2.75) is 33.6 Å². The lowest BCUT2D eigenvalue weighted by Crippen LogP contribution is -1.99. The zero-order chi connectivity index (χ0) is 16.1. The van der Waals surface area contributed by atoms with Gasteiger partial charge in [0.15, 0.2) is 0 Å².